The Morgan fingerprint density at radius 3 is 2.03 bits per heavy atom. The summed E-state index contributed by atoms with van der Waals surface area (Å²) in [6, 6.07) is 5.57. The van der Waals surface area contributed by atoms with Crippen LogP contribution in [0.5, 0.6) is 0 Å². The Bertz CT molecular complexity index is 1380. The monoisotopic (exact) mass is 578 g/mol. The summed E-state index contributed by atoms with van der Waals surface area (Å²) in [6.45, 7) is 1.71. The van der Waals surface area contributed by atoms with Gasteiger partial charge in [-0.15, -0.1) is 11.3 Å². The summed E-state index contributed by atoms with van der Waals surface area (Å²) < 4.78 is 113. The summed E-state index contributed by atoms with van der Waals surface area (Å²) in [4.78, 5) is 13.9. The topological polar surface area (TPSA) is 75.7 Å². The van der Waals surface area contributed by atoms with Gasteiger partial charge in [-0.05, 0) is 52.4 Å². The third-order valence-corrected chi connectivity index (χ3v) is 7.95. The fourth-order valence-electron chi connectivity index (χ4n) is 3.79. The Balaban J connectivity index is 1.55. The largest absolute Gasteiger partial charge is 0.416 e. The molecule has 6 nitrogen and oxygen atoms in total. The lowest BCUT2D eigenvalue weighted by Gasteiger charge is -2.26. The van der Waals surface area contributed by atoms with Crippen LogP contribution >= 0.6 is 11.3 Å². The molecule has 1 amide bonds. The van der Waals surface area contributed by atoms with Crippen molar-refractivity contribution < 1.29 is 44.3 Å². The second kappa shape index (κ2) is 10.6. The maximum absolute atomic E-state index is 13.2. The molecule has 14 heteroatoms. The van der Waals surface area contributed by atoms with Crippen molar-refractivity contribution in [2.45, 2.75) is 23.7 Å². The van der Waals surface area contributed by atoms with Crippen LogP contribution in [0.2, 0.25) is 0 Å². The lowest BCUT2D eigenvalue weighted by Crippen LogP contribution is -2.41. The molecule has 1 N–H and O–H groups in total. The number of morpholine rings is 1. The molecule has 0 bridgehead atoms. The van der Waals surface area contributed by atoms with Crippen molar-refractivity contribution >= 4 is 33.0 Å². The molecule has 0 atom stereocenters. The van der Waals surface area contributed by atoms with Crippen LogP contribution in [-0.2, 0) is 38.3 Å². The predicted molar refractivity (Wildman–Crippen MR) is 128 cm³/mol. The minimum absolute atomic E-state index is 0.0223. The number of carbonyl (C=O) groups is 1. The predicted octanol–water partition coefficient (Wildman–Crippen LogP) is 5.65. The Hall–Kier alpha value is -3.10. The number of rotatable bonds is 6. The Labute approximate surface area is 217 Å². The van der Waals surface area contributed by atoms with Crippen molar-refractivity contribution in [3.8, 4) is 11.1 Å². The molecule has 0 radical (unpaired) electrons. The fourth-order valence-corrected chi connectivity index (χ4v) is 5.74. The van der Waals surface area contributed by atoms with E-state index in [9.17, 15) is 39.6 Å². The first-order valence-electron chi connectivity index (χ1n) is 11.1. The lowest BCUT2D eigenvalue weighted by molar-refractivity contribution is -0.143. The maximum Gasteiger partial charge on any atom is 0.416 e. The minimum atomic E-state index is -5.01. The van der Waals surface area contributed by atoms with Crippen LogP contribution in [0.25, 0.3) is 11.1 Å². The van der Waals surface area contributed by atoms with E-state index < -0.39 is 33.5 Å². The average molecular weight is 579 g/mol. The van der Waals surface area contributed by atoms with Gasteiger partial charge in [0, 0.05) is 18.5 Å². The van der Waals surface area contributed by atoms with Crippen LogP contribution in [0.15, 0.2) is 58.1 Å². The standard InChI is InChI=1S/C24H20F6N2O4S2/c25-23(26,27)18-9-16(10-19(12-18)24(28,29)30)15-1-3-20(4-2-15)38(34,35)31-21-14-37-13-17(21)11-22(33)32-5-7-36-8-6-32/h1-4,9-10,12-14,31H,5-8,11H2. The van der Waals surface area contributed by atoms with Crippen LogP contribution in [0, 0.1) is 0 Å². The van der Waals surface area contributed by atoms with Gasteiger partial charge in [-0.3, -0.25) is 9.52 Å². The van der Waals surface area contributed by atoms with Gasteiger partial charge in [0.25, 0.3) is 10.0 Å². The van der Waals surface area contributed by atoms with Gasteiger partial charge >= 0.3 is 12.4 Å². The average Bonchev–Trinajstić information content (AvgIpc) is 3.28. The van der Waals surface area contributed by atoms with E-state index in [1.54, 1.807) is 10.3 Å². The molecule has 1 saturated heterocycles. The number of thiophene rings is 1. The van der Waals surface area contributed by atoms with Gasteiger partial charge in [0.05, 0.1) is 41.3 Å². The maximum atomic E-state index is 13.2. The molecular formula is C24H20F6N2O4S2. The summed E-state index contributed by atoms with van der Waals surface area (Å²) >= 11 is 1.19. The number of sulfonamides is 1. The molecule has 4 rings (SSSR count). The lowest BCUT2D eigenvalue weighted by atomic mass is 9.99. The summed E-state index contributed by atoms with van der Waals surface area (Å²) in [7, 11) is -4.18. The third-order valence-electron chi connectivity index (χ3n) is 5.78. The normalized spacial score (nSPS) is 14.9. The van der Waals surface area contributed by atoms with E-state index in [0.717, 1.165) is 24.3 Å². The molecule has 2 aromatic carbocycles. The molecule has 3 aromatic rings. The molecule has 0 spiro atoms. The van der Waals surface area contributed by atoms with Crippen molar-refractivity contribution in [2.75, 3.05) is 31.0 Å². The number of anilines is 1. The molecule has 1 fully saturated rings. The second-order valence-corrected chi connectivity index (χ2v) is 10.8. The van der Waals surface area contributed by atoms with E-state index in [0.29, 0.717) is 44.0 Å². The fraction of sp³-hybridized carbons (Fsp3) is 0.292. The molecular weight excluding hydrogens is 558 g/mol. The summed E-state index contributed by atoms with van der Waals surface area (Å²) in [5, 5.41) is 3.17. The molecule has 204 valence electrons. The van der Waals surface area contributed by atoms with Crippen LogP contribution in [0.4, 0.5) is 32.0 Å². The first kappa shape index (κ1) is 27.9. The van der Waals surface area contributed by atoms with Gasteiger partial charge in [-0.2, -0.15) is 26.3 Å². The zero-order chi connectivity index (χ0) is 27.7. The number of ether oxygens (including phenoxy) is 1. The Kier molecular flexibility index (Phi) is 7.77. The number of alkyl halides is 6. The molecule has 0 aliphatic carbocycles. The Morgan fingerprint density at radius 1 is 0.895 bits per heavy atom. The number of halogens is 6. The number of carbonyl (C=O) groups excluding carboxylic acids is 1. The van der Waals surface area contributed by atoms with E-state index in [4.69, 9.17) is 4.74 Å². The zero-order valence-electron chi connectivity index (χ0n) is 19.4. The molecule has 0 saturated carbocycles. The van der Waals surface area contributed by atoms with E-state index in [-0.39, 0.29) is 40.1 Å². The molecule has 1 aliphatic heterocycles. The van der Waals surface area contributed by atoms with Crippen molar-refractivity contribution in [3.63, 3.8) is 0 Å². The molecule has 38 heavy (non-hydrogen) atoms. The van der Waals surface area contributed by atoms with E-state index in [2.05, 4.69) is 4.72 Å². The highest BCUT2D eigenvalue weighted by molar-refractivity contribution is 7.92. The summed E-state index contributed by atoms with van der Waals surface area (Å²) in [6.07, 6.45) is -10.0. The third kappa shape index (κ3) is 6.48. The number of hydrogen-bond acceptors (Lipinski definition) is 5. The molecule has 0 unspecified atom stereocenters. The molecule has 2 heterocycles. The molecule has 1 aromatic heterocycles. The number of nitrogens with zero attached hydrogens (tertiary/aromatic N) is 1. The quantitative estimate of drug-likeness (QED) is 0.384. The highest BCUT2D eigenvalue weighted by atomic mass is 32.2. The minimum Gasteiger partial charge on any atom is -0.378 e. The first-order chi connectivity index (χ1) is 17.7. The highest BCUT2D eigenvalue weighted by Gasteiger charge is 2.37. The van der Waals surface area contributed by atoms with Gasteiger partial charge in [-0.1, -0.05) is 12.1 Å². The van der Waals surface area contributed by atoms with E-state index in [1.807, 2.05) is 0 Å². The van der Waals surface area contributed by atoms with Gasteiger partial charge in [0.15, 0.2) is 0 Å². The van der Waals surface area contributed by atoms with Crippen LogP contribution in [0.3, 0.4) is 0 Å². The van der Waals surface area contributed by atoms with Crippen LogP contribution < -0.4 is 4.72 Å². The SMILES string of the molecule is O=C(Cc1cscc1NS(=O)(=O)c1ccc(-c2cc(C(F)(F)F)cc(C(F)(F)F)c2)cc1)N1CCOCC1. The van der Waals surface area contributed by atoms with Crippen molar-refractivity contribution in [1.29, 1.82) is 0 Å². The van der Waals surface area contributed by atoms with Gasteiger partial charge in [0.1, 0.15) is 0 Å². The van der Waals surface area contributed by atoms with Crippen molar-refractivity contribution in [3.05, 3.63) is 69.9 Å². The Morgan fingerprint density at radius 2 is 1.47 bits per heavy atom. The number of nitrogens with one attached hydrogen (secondary N) is 1. The van der Waals surface area contributed by atoms with Crippen molar-refractivity contribution in [2.24, 2.45) is 0 Å². The first-order valence-corrected chi connectivity index (χ1v) is 13.5. The number of amides is 1. The van der Waals surface area contributed by atoms with E-state index in [1.165, 1.54) is 16.7 Å². The highest BCUT2D eigenvalue weighted by Crippen LogP contribution is 2.39. The summed E-state index contributed by atoms with van der Waals surface area (Å²) in [5.41, 5.74) is -2.68. The smallest absolute Gasteiger partial charge is 0.378 e. The van der Waals surface area contributed by atoms with Crippen LogP contribution in [0.1, 0.15) is 16.7 Å². The zero-order valence-corrected chi connectivity index (χ0v) is 21.0. The number of hydrogen-bond donors (Lipinski definition) is 1. The van der Waals surface area contributed by atoms with Gasteiger partial charge < -0.3 is 9.64 Å². The van der Waals surface area contributed by atoms with E-state index >= 15 is 0 Å². The van der Waals surface area contributed by atoms with Gasteiger partial charge in [-0.25, -0.2) is 8.42 Å². The second-order valence-electron chi connectivity index (χ2n) is 8.41. The number of benzene rings is 2. The van der Waals surface area contributed by atoms with Gasteiger partial charge in [0.2, 0.25) is 5.91 Å². The van der Waals surface area contributed by atoms with Crippen molar-refractivity contribution in [1.82, 2.24) is 4.90 Å². The molecule has 1 aliphatic rings. The van der Waals surface area contributed by atoms with Crippen LogP contribution in [-0.4, -0.2) is 45.5 Å². The summed E-state index contributed by atoms with van der Waals surface area (Å²) in [5.74, 6) is -0.184.